The third kappa shape index (κ3) is 3.73. The Hall–Kier alpha value is -0.460. The lowest BCUT2D eigenvalue weighted by Gasteiger charge is -2.62. The van der Waals surface area contributed by atoms with Crippen LogP contribution in [0, 0.1) is 34.5 Å². The number of nitrogens with zero attached hydrogens (tertiary/aromatic N) is 2. The summed E-state index contributed by atoms with van der Waals surface area (Å²) in [5.74, 6) is 2.78. The molecule has 2 saturated heterocycles. The fourth-order valence-corrected chi connectivity index (χ4v) is 10.9. The van der Waals surface area contributed by atoms with Crippen molar-refractivity contribution in [3.05, 3.63) is 12.7 Å². The standard InChI is InChI=1S/C30H51N2O3/c1-4-13-32(14-5-6-15-32)26-19-24-22-8-7-21-18-27(33)25(31-11-16-35-17-12-31)20-30(21,3)23(22)9-10-29(24,2)28(26)34/h4,21-28,33-34H,1,5-20H2,2-3H3/q+1/t21?,22-,23-,24+,25?,26?,27?,28?,29+,30+/m1/s1. The Kier molecular flexibility index (Phi) is 6.45. The van der Waals surface area contributed by atoms with Gasteiger partial charge in [-0.3, -0.25) is 4.90 Å². The predicted molar refractivity (Wildman–Crippen MR) is 139 cm³/mol. The second-order valence-corrected chi connectivity index (χ2v) is 14.0. The summed E-state index contributed by atoms with van der Waals surface area (Å²) in [4.78, 5) is 2.54. The number of fused-ring (bicyclic) bond motifs is 5. The third-order valence-electron chi connectivity index (χ3n) is 12.8. The van der Waals surface area contributed by atoms with E-state index in [2.05, 4.69) is 31.4 Å². The molecule has 0 aromatic rings. The lowest BCUT2D eigenvalue weighted by molar-refractivity contribution is -0.938. The lowest BCUT2D eigenvalue weighted by Crippen LogP contribution is -2.61. The molecule has 0 aromatic carbocycles. The van der Waals surface area contributed by atoms with Gasteiger partial charge >= 0.3 is 0 Å². The highest BCUT2D eigenvalue weighted by molar-refractivity contribution is 5.13. The molecule has 2 heterocycles. The maximum absolute atomic E-state index is 11.9. The maximum Gasteiger partial charge on any atom is 0.116 e. The van der Waals surface area contributed by atoms with Crippen LogP contribution in [0.15, 0.2) is 12.7 Å². The summed E-state index contributed by atoms with van der Waals surface area (Å²) in [6.45, 7) is 16.2. The van der Waals surface area contributed by atoms with Gasteiger partial charge in [-0.15, -0.1) is 0 Å². The molecule has 10 atom stereocenters. The number of hydrogen-bond donors (Lipinski definition) is 2. The molecule has 0 aromatic heterocycles. The van der Waals surface area contributed by atoms with Crippen molar-refractivity contribution in [2.24, 2.45) is 34.5 Å². The predicted octanol–water partition coefficient (Wildman–Crippen LogP) is 3.84. The van der Waals surface area contributed by atoms with E-state index >= 15 is 0 Å². The summed E-state index contributed by atoms with van der Waals surface area (Å²) in [5, 5.41) is 23.1. The van der Waals surface area contributed by atoms with Crippen molar-refractivity contribution in [1.29, 1.82) is 0 Å². The highest BCUT2D eigenvalue weighted by atomic mass is 16.5. The van der Waals surface area contributed by atoms with Crippen molar-refractivity contribution in [2.45, 2.75) is 95.9 Å². The zero-order chi connectivity index (χ0) is 24.4. The van der Waals surface area contributed by atoms with E-state index < -0.39 is 0 Å². The number of likely N-dealkylation sites (tertiary alicyclic amines) is 1. The average molecular weight is 488 g/mol. The Morgan fingerprint density at radius 2 is 1.74 bits per heavy atom. The van der Waals surface area contributed by atoms with Crippen LogP contribution in [0.1, 0.15) is 71.6 Å². The first-order valence-corrected chi connectivity index (χ1v) is 15.0. The van der Waals surface area contributed by atoms with Crippen LogP contribution < -0.4 is 0 Å². The van der Waals surface area contributed by atoms with Crippen molar-refractivity contribution in [1.82, 2.24) is 4.90 Å². The number of ether oxygens (including phenoxy) is 1. The summed E-state index contributed by atoms with van der Waals surface area (Å²) in [5.41, 5.74) is 0.387. The molecule has 4 aliphatic carbocycles. The van der Waals surface area contributed by atoms with Crippen LogP contribution in [-0.2, 0) is 4.74 Å². The Morgan fingerprint density at radius 3 is 2.46 bits per heavy atom. The first kappa shape index (κ1) is 24.9. The molecular weight excluding hydrogens is 436 g/mol. The molecule has 5 nitrogen and oxygen atoms in total. The summed E-state index contributed by atoms with van der Waals surface area (Å²) < 4.78 is 6.73. The van der Waals surface area contributed by atoms with Gasteiger partial charge in [0.25, 0.3) is 0 Å². The molecule has 5 heteroatoms. The summed E-state index contributed by atoms with van der Waals surface area (Å²) >= 11 is 0. The van der Waals surface area contributed by atoms with E-state index in [1.54, 1.807) is 0 Å². The number of morpholine rings is 1. The van der Waals surface area contributed by atoms with Gasteiger partial charge in [0.1, 0.15) is 12.1 Å². The summed E-state index contributed by atoms with van der Waals surface area (Å²) in [6, 6.07) is 0.684. The Bertz CT molecular complexity index is 792. The van der Waals surface area contributed by atoms with Crippen LogP contribution in [0.25, 0.3) is 0 Å². The van der Waals surface area contributed by atoms with Crippen LogP contribution in [0.5, 0.6) is 0 Å². The van der Waals surface area contributed by atoms with Crippen molar-refractivity contribution in [3.63, 3.8) is 0 Å². The van der Waals surface area contributed by atoms with E-state index in [0.29, 0.717) is 29.3 Å². The summed E-state index contributed by atoms with van der Waals surface area (Å²) in [6.07, 6.45) is 12.7. The minimum Gasteiger partial charge on any atom is -0.391 e. The molecule has 198 valence electrons. The van der Waals surface area contributed by atoms with E-state index in [-0.39, 0.29) is 17.6 Å². The molecule has 6 rings (SSSR count). The van der Waals surface area contributed by atoms with Crippen LogP contribution in [0.4, 0.5) is 0 Å². The molecule has 6 fully saturated rings. The number of quaternary nitrogens is 1. The zero-order valence-electron chi connectivity index (χ0n) is 22.4. The fraction of sp³-hybridized carbons (Fsp3) is 0.933. The van der Waals surface area contributed by atoms with Gasteiger partial charge in [0, 0.05) is 43.8 Å². The largest absolute Gasteiger partial charge is 0.391 e. The van der Waals surface area contributed by atoms with Gasteiger partial charge in [-0.1, -0.05) is 20.4 Å². The highest BCUT2D eigenvalue weighted by Crippen LogP contribution is 2.67. The van der Waals surface area contributed by atoms with Crippen LogP contribution in [-0.4, -0.2) is 89.8 Å². The number of rotatable bonds is 4. The minimum atomic E-state index is -0.187. The average Bonchev–Trinajstić information content (AvgIpc) is 3.43. The topological polar surface area (TPSA) is 52.9 Å². The second kappa shape index (κ2) is 9.08. The minimum absolute atomic E-state index is 0.0713. The first-order chi connectivity index (χ1) is 16.8. The van der Waals surface area contributed by atoms with E-state index in [1.807, 2.05) is 0 Å². The molecule has 2 N–H and O–H groups in total. The maximum atomic E-state index is 11.9. The van der Waals surface area contributed by atoms with Crippen LogP contribution in [0.2, 0.25) is 0 Å². The molecule has 2 aliphatic heterocycles. The molecule has 0 amide bonds. The third-order valence-corrected chi connectivity index (χ3v) is 12.8. The lowest BCUT2D eigenvalue weighted by atomic mass is 9.44. The van der Waals surface area contributed by atoms with E-state index in [1.165, 1.54) is 58.0 Å². The van der Waals surface area contributed by atoms with Crippen molar-refractivity contribution >= 4 is 0 Å². The van der Waals surface area contributed by atoms with Gasteiger partial charge in [0.05, 0.1) is 39.0 Å². The van der Waals surface area contributed by atoms with Crippen LogP contribution >= 0.6 is 0 Å². The molecule has 0 radical (unpaired) electrons. The number of hydrogen-bond acceptors (Lipinski definition) is 4. The molecular formula is C30H51N2O3+. The van der Waals surface area contributed by atoms with Gasteiger partial charge < -0.3 is 19.4 Å². The SMILES string of the molecule is C=CC[N+]1(C2C[C@H]3[C@@H]4CCC5CC(O)C(N6CCOCC6)C[C@]5(C)[C@@H]4CC[C@]3(C)C2O)CCCC1. The quantitative estimate of drug-likeness (QED) is 0.467. The Labute approximate surface area is 213 Å². The number of aliphatic hydroxyl groups excluding tert-OH is 2. The molecule has 0 bridgehead atoms. The second-order valence-electron chi connectivity index (χ2n) is 14.0. The van der Waals surface area contributed by atoms with Gasteiger partial charge in [-0.25, -0.2) is 0 Å². The van der Waals surface area contributed by atoms with Gasteiger partial charge in [0.15, 0.2) is 0 Å². The van der Waals surface area contributed by atoms with E-state index in [0.717, 1.165) is 62.0 Å². The van der Waals surface area contributed by atoms with Gasteiger partial charge in [-0.05, 0) is 73.7 Å². The van der Waals surface area contributed by atoms with Crippen molar-refractivity contribution < 1.29 is 19.4 Å². The molecule has 6 aliphatic rings. The fourth-order valence-electron chi connectivity index (χ4n) is 10.9. The Balaban J connectivity index is 1.26. The monoisotopic (exact) mass is 487 g/mol. The Morgan fingerprint density at radius 1 is 1.00 bits per heavy atom. The van der Waals surface area contributed by atoms with Crippen molar-refractivity contribution in [2.75, 3.05) is 45.9 Å². The van der Waals surface area contributed by atoms with E-state index in [4.69, 9.17) is 4.74 Å². The highest BCUT2D eigenvalue weighted by Gasteiger charge is 2.66. The zero-order valence-corrected chi connectivity index (χ0v) is 22.4. The smallest absolute Gasteiger partial charge is 0.116 e. The normalized spacial score (nSPS) is 51.9. The molecule has 0 spiro atoms. The molecule has 4 saturated carbocycles. The van der Waals surface area contributed by atoms with Crippen molar-refractivity contribution in [3.8, 4) is 0 Å². The first-order valence-electron chi connectivity index (χ1n) is 15.0. The molecule has 5 unspecified atom stereocenters. The van der Waals surface area contributed by atoms with Gasteiger partial charge in [-0.2, -0.15) is 0 Å². The van der Waals surface area contributed by atoms with Gasteiger partial charge in [0.2, 0.25) is 0 Å². The van der Waals surface area contributed by atoms with E-state index in [9.17, 15) is 10.2 Å². The molecule has 35 heavy (non-hydrogen) atoms. The summed E-state index contributed by atoms with van der Waals surface area (Å²) in [7, 11) is 0. The van der Waals surface area contributed by atoms with Crippen LogP contribution in [0.3, 0.4) is 0 Å². The number of aliphatic hydroxyl groups is 2.